The van der Waals surface area contributed by atoms with Crippen LogP contribution in [0.15, 0.2) is 24.3 Å². The van der Waals surface area contributed by atoms with Crippen molar-refractivity contribution >= 4 is 6.29 Å². The van der Waals surface area contributed by atoms with Crippen LogP contribution < -0.4 is 0 Å². The molecule has 0 aliphatic carbocycles. The van der Waals surface area contributed by atoms with E-state index in [0.29, 0.717) is 12.3 Å². The molecule has 98 valence electrons. The third-order valence-electron chi connectivity index (χ3n) is 3.98. The maximum atomic E-state index is 10.6. The highest BCUT2D eigenvalue weighted by molar-refractivity contribution is 5.50. The highest BCUT2D eigenvalue weighted by atomic mass is 16.1. The van der Waals surface area contributed by atoms with E-state index in [4.69, 9.17) is 0 Å². The van der Waals surface area contributed by atoms with E-state index in [0.717, 1.165) is 12.7 Å². The van der Waals surface area contributed by atoms with Gasteiger partial charge < -0.3 is 9.69 Å². The third kappa shape index (κ3) is 3.42. The zero-order valence-electron chi connectivity index (χ0n) is 11.3. The van der Waals surface area contributed by atoms with E-state index >= 15 is 0 Å². The second-order valence-corrected chi connectivity index (χ2v) is 5.34. The summed E-state index contributed by atoms with van der Waals surface area (Å²) >= 11 is 0. The normalized spacial score (nSPS) is 21.5. The fourth-order valence-electron chi connectivity index (χ4n) is 2.93. The lowest BCUT2D eigenvalue weighted by Gasteiger charge is -2.18. The molecule has 1 aliphatic rings. The summed E-state index contributed by atoms with van der Waals surface area (Å²) in [5, 5.41) is 0. The van der Waals surface area contributed by atoms with Gasteiger partial charge >= 0.3 is 0 Å². The first-order chi connectivity index (χ1) is 8.81. The molecule has 2 nitrogen and oxygen atoms in total. The molecule has 18 heavy (non-hydrogen) atoms. The van der Waals surface area contributed by atoms with Crippen LogP contribution in [-0.2, 0) is 11.2 Å². The summed E-state index contributed by atoms with van der Waals surface area (Å²) in [7, 11) is 2.21. The molecule has 0 aromatic heterocycles. The van der Waals surface area contributed by atoms with E-state index in [1.807, 2.05) is 0 Å². The quantitative estimate of drug-likeness (QED) is 0.760. The molecule has 2 rings (SSSR count). The Labute approximate surface area is 110 Å². The van der Waals surface area contributed by atoms with Crippen molar-refractivity contribution in [2.24, 2.45) is 0 Å². The SMILES string of the molecule is CN1CCCC(c2ccccc2CCC=O)CC1. The number of benzene rings is 1. The molecule has 2 heteroatoms. The fraction of sp³-hybridized carbons (Fsp3) is 0.562. The first kappa shape index (κ1) is 13.3. The van der Waals surface area contributed by atoms with Crippen molar-refractivity contribution in [3.05, 3.63) is 35.4 Å². The van der Waals surface area contributed by atoms with Gasteiger partial charge in [-0.1, -0.05) is 24.3 Å². The number of nitrogens with zero attached hydrogens (tertiary/aromatic N) is 1. The van der Waals surface area contributed by atoms with Gasteiger partial charge in [-0.25, -0.2) is 0 Å². The van der Waals surface area contributed by atoms with Gasteiger partial charge in [0.25, 0.3) is 0 Å². The van der Waals surface area contributed by atoms with Gasteiger partial charge in [0.15, 0.2) is 0 Å². The van der Waals surface area contributed by atoms with E-state index in [9.17, 15) is 4.79 Å². The average Bonchev–Trinajstić information content (AvgIpc) is 2.61. The van der Waals surface area contributed by atoms with Crippen molar-refractivity contribution in [1.82, 2.24) is 4.90 Å². The van der Waals surface area contributed by atoms with Gasteiger partial charge in [-0.15, -0.1) is 0 Å². The van der Waals surface area contributed by atoms with Crippen LogP contribution in [-0.4, -0.2) is 31.3 Å². The van der Waals surface area contributed by atoms with Gasteiger partial charge in [-0.2, -0.15) is 0 Å². The van der Waals surface area contributed by atoms with Crippen LogP contribution in [0.1, 0.15) is 42.7 Å². The zero-order valence-corrected chi connectivity index (χ0v) is 11.3. The summed E-state index contributed by atoms with van der Waals surface area (Å²) < 4.78 is 0. The van der Waals surface area contributed by atoms with Crippen molar-refractivity contribution in [1.29, 1.82) is 0 Å². The number of carbonyl (C=O) groups excluding carboxylic acids is 1. The van der Waals surface area contributed by atoms with E-state index in [1.165, 1.54) is 43.5 Å². The summed E-state index contributed by atoms with van der Waals surface area (Å²) in [6, 6.07) is 8.67. The topological polar surface area (TPSA) is 20.3 Å². The summed E-state index contributed by atoms with van der Waals surface area (Å²) in [6.45, 7) is 2.40. The predicted molar refractivity (Wildman–Crippen MR) is 74.9 cm³/mol. The maximum absolute atomic E-state index is 10.6. The van der Waals surface area contributed by atoms with Gasteiger partial charge in [0, 0.05) is 6.42 Å². The van der Waals surface area contributed by atoms with Crippen molar-refractivity contribution in [3.63, 3.8) is 0 Å². The van der Waals surface area contributed by atoms with Gasteiger partial charge in [0.05, 0.1) is 0 Å². The Morgan fingerprint density at radius 1 is 1.28 bits per heavy atom. The molecule has 0 N–H and O–H groups in total. The lowest BCUT2D eigenvalue weighted by atomic mass is 9.87. The maximum Gasteiger partial charge on any atom is 0.120 e. The Morgan fingerprint density at radius 2 is 2.11 bits per heavy atom. The monoisotopic (exact) mass is 245 g/mol. The highest BCUT2D eigenvalue weighted by Crippen LogP contribution is 2.30. The Balaban J connectivity index is 2.13. The van der Waals surface area contributed by atoms with Gasteiger partial charge in [-0.3, -0.25) is 0 Å². The van der Waals surface area contributed by atoms with Crippen molar-refractivity contribution in [2.45, 2.75) is 38.0 Å². The highest BCUT2D eigenvalue weighted by Gasteiger charge is 2.18. The number of carbonyl (C=O) groups is 1. The average molecular weight is 245 g/mol. The number of hydrogen-bond donors (Lipinski definition) is 0. The predicted octanol–water partition coefficient (Wildman–Crippen LogP) is 3.02. The minimum atomic E-state index is 0.642. The van der Waals surface area contributed by atoms with Gasteiger partial charge in [0.1, 0.15) is 6.29 Å². The number of rotatable bonds is 4. The molecule has 0 saturated carbocycles. The molecule has 0 spiro atoms. The smallest absolute Gasteiger partial charge is 0.120 e. The molecule has 1 aliphatic heterocycles. The van der Waals surface area contributed by atoms with Crippen LogP contribution in [0.4, 0.5) is 0 Å². The zero-order chi connectivity index (χ0) is 12.8. The second kappa shape index (κ2) is 6.69. The van der Waals surface area contributed by atoms with Gasteiger partial charge in [-0.05, 0) is 62.9 Å². The number of hydrogen-bond acceptors (Lipinski definition) is 2. The molecule has 0 amide bonds. The van der Waals surface area contributed by atoms with Gasteiger partial charge in [0.2, 0.25) is 0 Å². The molecular formula is C16H23NO. The molecule has 1 heterocycles. The molecule has 0 bridgehead atoms. The number of aryl methyl sites for hydroxylation is 1. The molecule has 1 unspecified atom stereocenters. The Bertz CT molecular complexity index is 388. The molecule has 1 fully saturated rings. The minimum absolute atomic E-state index is 0.642. The fourth-order valence-corrected chi connectivity index (χ4v) is 2.93. The van der Waals surface area contributed by atoms with E-state index < -0.39 is 0 Å². The van der Waals surface area contributed by atoms with Crippen LogP contribution in [0, 0.1) is 0 Å². The Kier molecular flexibility index (Phi) is 4.94. The number of aldehydes is 1. The molecule has 1 atom stereocenters. The molecule has 1 aromatic carbocycles. The van der Waals surface area contributed by atoms with Crippen LogP contribution >= 0.6 is 0 Å². The molecule has 1 aromatic rings. The van der Waals surface area contributed by atoms with Crippen LogP contribution in [0.5, 0.6) is 0 Å². The lowest BCUT2D eigenvalue weighted by molar-refractivity contribution is -0.107. The second-order valence-electron chi connectivity index (χ2n) is 5.34. The number of likely N-dealkylation sites (tertiary alicyclic amines) is 1. The Hall–Kier alpha value is -1.15. The summed E-state index contributed by atoms with van der Waals surface area (Å²) in [5.74, 6) is 0.679. The first-order valence-electron chi connectivity index (χ1n) is 7.01. The minimum Gasteiger partial charge on any atom is -0.306 e. The third-order valence-corrected chi connectivity index (χ3v) is 3.98. The molecule has 1 saturated heterocycles. The van der Waals surface area contributed by atoms with E-state index in [2.05, 4.69) is 36.2 Å². The largest absolute Gasteiger partial charge is 0.306 e. The molecule has 0 radical (unpaired) electrons. The van der Waals surface area contributed by atoms with Crippen LogP contribution in [0.3, 0.4) is 0 Å². The van der Waals surface area contributed by atoms with E-state index in [1.54, 1.807) is 0 Å². The summed E-state index contributed by atoms with van der Waals surface area (Å²) in [4.78, 5) is 13.0. The Morgan fingerprint density at radius 3 is 2.94 bits per heavy atom. The van der Waals surface area contributed by atoms with E-state index in [-0.39, 0.29) is 0 Å². The first-order valence-corrected chi connectivity index (χ1v) is 7.01. The van der Waals surface area contributed by atoms with Crippen LogP contribution in [0.2, 0.25) is 0 Å². The molecular weight excluding hydrogens is 222 g/mol. The summed E-state index contributed by atoms with van der Waals surface area (Å²) in [6.07, 6.45) is 6.37. The van der Waals surface area contributed by atoms with Crippen LogP contribution in [0.25, 0.3) is 0 Å². The van der Waals surface area contributed by atoms with Crippen molar-refractivity contribution in [2.75, 3.05) is 20.1 Å². The van der Waals surface area contributed by atoms with Crippen molar-refractivity contribution in [3.8, 4) is 0 Å². The lowest BCUT2D eigenvalue weighted by Crippen LogP contribution is -2.18. The summed E-state index contributed by atoms with van der Waals surface area (Å²) in [5.41, 5.74) is 2.86. The standard InChI is InChI=1S/C16H23NO/c1-17-11-4-7-15(10-12-17)16-9-3-2-6-14(16)8-5-13-18/h2-3,6,9,13,15H,4-5,7-8,10-12H2,1H3. The van der Waals surface area contributed by atoms with Crippen molar-refractivity contribution < 1.29 is 4.79 Å².